The number of hydrogen-bond donors (Lipinski definition) is 1. The fourth-order valence-corrected chi connectivity index (χ4v) is 2.78. The van der Waals surface area contributed by atoms with Crippen LogP contribution in [-0.2, 0) is 0 Å². The van der Waals surface area contributed by atoms with E-state index in [1.165, 1.54) is 6.07 Å². The molecule has 0 spiro atoms. The third-order valence-electron chi connectivity index (χ3n) is 3.01. The molecule has 23 heavy (non-hydrogen) atoms. The predicted molar refractivity (Wildman–Crippen MR) is 86.5 cm³/mol. The molecule has 122 valence electrons. The maximum Gasteiger partial charge on any atom is 0.283 e. The van der Waals surface area contributed by atoms with Crippen molar-refractivity contribution in [3.05, 3.63) is 50.2 Å². The summed E-state index contributed by atoms with van der Waals surface area (Å²) in [6.45, 7) is 2.19. The van der Waals surface area contributed by atoms with Gasteiger partial charge in [0.05, 0.1) is 28.3 Å². The minimum absolute atomic E-state index is 0.0345. The van der Waals surface area contributed by atoms with Crippen LogP contribution in [-0.4, -0.2) is 31.1 Å². The molecule has 0 radical (unpaired) electrons. The van der Waals surface area contributed by atoms with E-state index in [1.807, 2.05) is 0 Å². The van der Waals surface area contributed by atoms with Crippen molar-refractivity contribution in [3.8, 4) is 11.5 Å². The fourth-order valence-electron chi connectivity index (χ4n) is 1.88. The Morgan fingerprint density at radius 1 is 1.35 bits per heavy atom. The zero-order chi connectivity index (χ0) is 16.8. The third kappa shape index (κ3) is 4.43. The average molecular weight is 336 g/mol. The highest BCUT2D eigenvalue weighted by Crippen LogP contribution is 2.27. The van der Waals surface area contributed by atoms with Crippen LogP contribution in [0.3, 0.4) is 0 Å². The van der Waals surface area contributed by atoms with E-state index in [1.54, 1.807) is 38.3 Å². The first-order chi connectivity index (χ1) is 11.0. The van der Waals surface area contributed by atoms with Crippen LogP contribution in [0.5, 0.6) is 11.5 Å². The molecule has 0 fully saturated rings. The van der Waals surface area contributed by atoms with Gasteiger partial charge in [-0.1, -0.05) is 6.07 Å². The quantitative estimate of drug-likeness (QED) is 0.477. The Morgan fingerprint density at radius 2 is 2.09 bits per heavy atom. The maximum absolute atomic E-state index is 11.9. The van der Waals surface area contributed by atoms with Crippen molar-refractivity contribution in [1.29, 1.82) is 0 Å². The van der Waals surface area contributed by atoms with E-state index in [2.05, 4.69) is 5.32 Å². The van der Waals surface area contributed by atoms with E-state index in [4.69, 9.17) is 9.47 Å². The number of carbonyl (C=O) groups is 1. The van der Waals surface area contributed by atoms with E-state index in [0.29, 0.717) is 27.8 Å². The minimum atomic E-state index is -0.492. The molecule has 1 N–H and O–H groups in total. The summed E-state index contributed by atoms with van der Waals surface area (Å²) in [4.78, 5) is 23.1. The molecule has 0 saturated heterocycles. The lowest BCUT2D eigenvalue weighted by Gasteiger charge is -2.08. The number of rotatable bonds is 7. The zero-order valence-corrected chi connectivity index (χ0v) is 13.5. The summed E-state index contributed by atoms with van der Waals surface area (Å²) >= 11 is 1.10. The molecule has 0 aliphatic heterocycles. The molecule has 2 aromatic rings. The largest absolute Gasteiger partial charge is 0.497 e. The van der Waals surface area contributed by atoms with Gasteiger partial charge in [-0.05, 0) is 19.1 Å². The molecule has 2 rings (SSSR count). The number of thiophene rings is 1. The fraction of sp³-hybridized carbons (Fsp3) is 0.267. The van der Waals surface area contributed by atoms with Crippen LogP contribution in [0.2, 0.25) is 0 Å². The Bertz CT molecular complexity index is 714. The van der Waals surface area contributed by atoms with Crippen molar-refractivity contribution in [3.63, 3.8) is 0 Å². The van der Waals surface area contributed by atoms with Crippen LogP contribution >= 0.6 is 11.3 Å². The van der Waals surface area contributed by atoms with E-state index >= 15 is 0 Å². The average Bonchev–Trinajstić information content (AvgIpc) is 2.94. The highest BCUT2D eigenvalue weighted by molar-refractivity contribution is 7.14. The SMILES string of the molecule is COc1cccc(OCCNC(=O)c2cc([N+](=O)[O-])c(C)s2)c1. The summed E-state index contributed by atoms with van der Waals surface area (Å²) in [5.74, 6) is 0.981. The van der Waals surface area contributed by atoms with Gasteiger partial charge in [-0.25, -0.2) is 0 Å². The molecule has 1 amide bonds. The normalized spacial score (nSPS) is 10.2. The molecule has 0 bridgehead atoms. The van der Waals surface area contributed by atoms with Crippen LogP contribution in [0.25, 0.3) is 0 Å². The summed E-state index contributed by atoms with van der Waals surface area (Å²) in [5, 5.41) is 13.4. The van der Waals surface area contributed by atoms with Crippen LogP contribution in [0, 0.1) is 17.0 Å². The summed E-state index contributed by atoms with van der Waals surface area (Å²) in [5.41, 5.74) is -0.0345. The molecule has 1 aromatic carbocycles. The van der Waals surface area contributed by atoms with Gasteiger partial charge in [-0.2, -0.15) is 0 Å². The number of nitrogens with zero attached hydrogens (tertiary/aromatic N) is 1. The van der Waals surface area contributed by atoms with Gasteiger partial charge in [0.25, 0.3) is 11.6 Å². The summed E-state index contributed by atoms with van der Waals surface area (Å²) in [6.07, 6.45) is 0. The van der Waals surface area contributed by atoms with Gasteiger partial charge in [0.15, 0.2) is 0 Å². The van der Waals surface area contributed by atoms with Crippen molar-refractivity contribution in [1.82, 2.24) is 5.32 Å². The number of nitrogens with one attached hydrogen (secondary N) is 1. The van der Waals surface area contributed by atoms with Crippen LogP contribution in [0.1, 0.15) is 14.5 Å². The van der Waals surface area contributed by atoms with Crippen molar-refractivity contribution in [2.24, 2.45) is 0 Å². The Morgan fingerprint density at radius 3 is 2.74 bits per heavy atom. The monoisotopic (exact) mass is 336 g/mol. The number of amides is 1. The topological polar surface area (TPSA) is 90.7 Å². The lowest BCUT2D eigenvalue weighted by Crippen LogP contribution is -2.27. The Kier molecular flexibility index (Phi) is 5.53. The van der Waals surface area contributed by atoms with Gasteiger partial charge in [-0.3, -0.25) is 14.9 Å². The summed E-state index contributed by atoms with van der Waals surface area (Å²) < 4.78 is 10.6. The van der Waals surface area contributed by atoms with Crippen molar-refractivity contribution in [2.45, 2.75) is 6.92 Å². The van der Waals surface area contributed by atoms with Gasteiger partial charge in [-0.15, -0.1) is 11.3 Å². The van der Waals surface area contributed by atoms with Crippen LogP contribution in [0.15, 0.2) is 30.3 Å². The molecule has 1 aromatic heterocycles. The van der Waals surface area contributed by atoms with E-state index in [0.717, 1.165) is 11.3 Å². The standard InChI is InChI=1S/C15H16N2O5S/c1-10-13(17(19)20)9-14(23-10)15(18)16-6-7-22-12-5-3-4-11(8-12)21-2/h3-5,8-9H,6-7H2,1-2H3,(H,16,18). The Balaban J connectivity index is 1.83. The first-order valence-electron chi connectivity index (χ1n) is 6.81. The smallest absolute Gasteiger partial charge is 0.283 e. The predicted octanol–water partition coefficient (Wildman–Crippen LogP) is 2.78. The van der Waals surface area contributed by atoms with Gasteiger partial charge in [0.2, 0.25) is 0 Å². The van der Waals surface area contributed by atoms with Crippen molar-refractivity contribution < 1.29 is 19.2 Å². The first kappa shape index (κ1) is 16.8. The van der Waals surface area contributed by atoms with Crippen molar-refractivity contribution in [2.75, 3.05) is 20.3 Å². The molecule has 0 atom stereocenters. The lowest BCUT2D eigenvalue weighted by molar-refractivity contribution is -0.385. The van der Waals surface area contributed by atoms with Crippen LogP contribution < -0.4 is 14.8 Å². The Hall–Kier alpha value is -2.61. The first-order valence-corrected chi connectivity index (χ1v) is 7.63. The number of ether oxygens (including phenoxy) is 2. The number of carbonyl (C=O) groups excluding carboxylic acids is 1. The molecule has 0 saturated carbocycles. The van der Waals surface area contributed by atoms with Crippen LogP contribution in [0.4, 0.5) is 5.69 Å². The molecule has 7 nitrogen and oxygen atoms in total. The molecule has 0 aliphatic rings. The maximum atomic E-state index is 11.9. The number of hydrogen-bond acceptors (Lipinski definition) is 6. The van der Waals surface area contributed by atoms with E-state index in [-0.39, 0.29) is 18.2 Å². The highest BCUT2D eigenvalue weighted by Gasteiger charge is 2.19. The molecule has 0 aliphatic carbocycles. The number of aryl methyl sites for hydroxylation is 1. The van der Waals surface area contributed by atoms with Gasteiger partial charge in [0, 0.05) is 12.1 Å². The molecule has 1 heterocycles. The number of nitro groups is 1. The number of methoxy groups -OCH3 is 1. The second-order valence-corrected chi connectivity index (χ2v) is 5.85. The second kappa shape index (κ2) is 7.59. The molecular weight excluding hydrogens is 320 g/mol. The zero-order valence-electron chi connectivity index (χ0n) is 12.7. The second-order valence-electron chi connectivity index (χ2n) is 4.59. The molecule has 0 unspecified atom stereocenters. The minimum Gasteiger partial charge on any atom is -0.497 e. The molecule has 8 heteroatoms. The third-order valence-corrected chi connectivity index (χ3v) is 4.05. The highest BCUT2D eigenvalue weighted by atomic mass is 32.1. The van der Waals surface area contributed by atoms with E-state index in [9.17, 15) is 14.9 Å². The Labute approximate surface area is 137 Å². The summed E-state index contributed by atoms with van der Waals surface area (Å²) in [7, 11) is 1.57. The van der Waals surface area contributed by atoms with Gasteiger partial charge < -0.3 is 14.8 Å². The number of benzene rings is 1. The molecular formula is C15H16N2O5S. The van der Waals surface area contributed by atoms with Gasteiger partial charge in [0.1, 0.15) is 18.1 Å². The summed E-state index contributed by atoms with van der Waals surface area (Å²) in [6, 6.07) is 8.43. The van der Waals surface area contributed by atoms with E-state index < -0.39 is 4.92 Å². The van der Waals surface area contributed by atoms with Gasteiger partial charge >= 0.3 is 0 Å². The lowest BCUT2D eigenvalue weighted by atomic mass is 10.3. The van der Waals surface area contributed by atoms with Crippen molar-refractivity contribution >= 4 is 22.9 Å².